The molecular weight excluding hydrogens is 318 g/mol. The molecule has 6 heteroatoms. The number of amides is 3. The molecule has 0 fully saturated rings. The van der Waals surface area contributed by atoms with Gasteiger partial charge in [0.15, 0.2) is 0 Å². The smallest absolute Gasteiger partial charge is 0.319 e. The van der Waals surface area contributed by atoms with Gasteiger partial charge in [0.25, 0.3) is 5.91 Å². The van der Waals surface area contributed by atoms with Crippen molar-refractivity contribution in [1.29, 1.82) is 0 Å². The Morgan fingerprint density at radius 3 is 2.16 bits per heavy atom. The number of rotatable bonds is 7. The number of benzene rings is 2. The fourth-order valence-electron chi connectivity index (χ4n) is 2.05. The molecule has 3 N–H and O–H groups in total. The first-order valence-corrected chi connectivity index (χ1v) is 7.92. The number of carbonyl (C=O) groups excluding carboxylic acids is 2. The van der Waals surface area contributed by atoms with Crippen molar-refractivity contribution in [2.24, 2.45) is 0 Å². The van der Waals surface area contributed by atoms with Crippen LogP contribution in [-0.2, 0) is 0 Å². The highest BCUT2D eigenvalue weighted by Gasteiger charge is 2.07. The fourth-order valence-corrected chi connectivity index (χ4v) is 2.05. The van der Waals surface area contributed by atoms with E-state index < -0.39 is 0 Å². The van der Waals surface area contributed by atoms with Crippen molar-refractivity contribution < 1.29 is 14.3 Å². The quantitative estimate of drug-likeness (QED) is 0.674. The van der Waals surface area contributed by atoms with Gasteiger partial charge in [-0.1, -0.05) is 6.08 Å². The summed E-state index contributed by atoms with van der Waals surface area (Å²) in [4.78, 5) is 23.8. The molecule has 3 amide bonds. The van der Waals surface area contributed by atoms with Crippen LogP contribution in [0.4, 0.5) is 16.2 Å². The molecule has 2 rings (SSSR count). The minimum absolute atomic E-state index is 0.215. The van der Waals surface area contributed by atoms with Gasteiger partial charge in [0.2, 0.25) is 0 Å². The Morgan fingerprint density at radius 2 is 1.60 bits per heavy atom. The first kappa shape index (κ1) is 18.1. The second-order valence-corrected chi connectivity index (χ2v) is 5.11. The molecule has 2 aromatic carbocycles. The number of urea groups is 1. The summed E-state index contributed by atoms with van der Waals surface area (Å²) >= 11 is 0. The van der Waals surface area contributed by atoms with Crippen molar-refractivity contribution >= 4 is 23.3 Å². The van der Waals surface area contributed by atoms with Gasteiger partial charge < -0.3 is 20.7 Å². The van der Waals surface area contributed by atoms with Crippen LogP contribution in [0.5, 0.6) is 5.75 Å². The number of hydrogen-bond acceptors (Lipinski definition) is 3. The van der Waals surface area contributed by atoms with Crippen molar-refractivity contribution in [3.63, 3.8) is 0 Å². The maximum absolute atomic E-state index is 12.2. The monoisotopic (exact) mass is 339 g/mol. The molecule has 0 bridgehead atoms. The molecule has 2 aromatic rings. The molecule has 0 aliphatic carbocycles. The number of carbonyl (C=O) groups is 2. The van der Waals surface area contributed by atoms with Crippen molar-refractivity contribution in [3.05, 3.63) is 66.7 Å². The number of nitrogens with one attached hydrogen (secondary N) is 3. The van der Waals surface area contributed by atoms with Crippen LogP contribution in [0.1, 0.15) is 17.3 Å². The molecule has 0 radical (unpaired) electrons. The maximum atomic E-state index is 12.2. The standard InChI is InChI=1S/C19H21N3O3/c1-3-13-20-19(24)22-16-9-7-15(8-10-16)21-18(23)14-5-11-17(12-6-14)25-4-2/h3,5-12H,1,4,13H2,2H3,(H,21,23)(H2,20,22,24). The van der Waals surface area contributed by atoms with Crippen LogP contribution in [0.15, 0.2) is 61.2 Å². The average molecular weight is 339 g/mol. The summed E-state index contributed by atoms with van der Waals surface area (Å²) in [6, 6.07) is 13.5. The number of hydrogen-bond donors (Lipinski definition) is 3. The summed E-state index contributed by atoms with van der Waals surface area (Å²) in [6.07, 6.45) is 1.60. The third-order valence-electron chi connectivity index (χ3n) is 3.24. The minimum Gasteiger partial charge on any atom is -0.494 e. The van der Waals surface area contributed by atoms with E-state index in [4.69, 9.17) is 4.74 Å². The van der Waals surface area contributed by atoms with Crippen LogP contribution < -0.4 is 20.7 Å². The molecule has 0 saturated carbocycles. The third kappa shape index (κ3) is 5.69. The molecule has 0 saturated heterocycles. The zero-order chi connectivity index (χ0) is 18.1. The first-order valence-electron chi connectivity index (χ1n) is 7.92. The van der Waals surface area contributed by atoms with E-state index in [1.54, 1.807) is 54.6 Å². The average Bonchev–Trinajstić information content (AvgIpc) is 2.62. The van der Waals surface area contributed by atoms with E-state index in [2.05, 4.69) is 22.5 Å². The summed E-state index contributed by atoms with van der Waals surface area (Å²) in [5.74, 6) is 0.511. The Balaban J connectivity index is 1.92. The van der Waals surface area contributed by atoms with Crippen molar-refractivity contribution in [2.45, 2.75) is 6.92 Å². The lowest BCUT2D eigenvalue weighted by Crippen LogP contribution is -2.28. The summed E-state index contributed by atoms with van der Waals surface area (Å²) < 4.78 is 5.35. The lowest BCUT2D eigenvalue weighted by Gasteiger charge is -2.09. The van der Waals surface area contributed by atoms with Crippen LogP contribution in [-0.4, -0.2) is 25.1 Å². The minimum atomic E-state index is -0.314. The van der Waals surface area contributed by atoms with E-state index in [0.29, 0.717) is 30.1 Å². The van der Waals surface area contributed by atoms with Crippen LogP contribution in [0.25, 0.3) is 0 Å². The maximum Gasteiger partial charge on any atom is 0.319 e. The summed E-state index contributed by atoms with van der Waals surface area (Å²) in [5.41, 5.74) is 1.80. The van der Waals surface area contributed by atoms with Gasteiger partial charge in [0.1, 0.15) is 5.75 Å². The summed E-state index contributed by atoms with van der Waals surface area (Å²) in [7, 11) is 0. The molecule has 0 heterocycles. The van der Waals surface area contributed by atoms with Gasteiger partial charge in [-0.25, -0.2) is 4.79 Å². The van der Waals surface area contributed by atoms with E-state index in [9.17, 15) is 9.59 Å². The Bertz CT molecular complexity index is 725. The van der Waals surface area contributed by atoms with E-state index in [0.717, 1.165) is 5.75 Å². The summed E-state index contributed by atoms with van der Waals surface area (Å²) in [6.45, 7) is 6.40. The highest BCUT2D eigenvalue weighted by atomic mass is 16.5. The van der Waals surface area contributed by atoms with Crippen molar-refractivity contribution in [1.82, 2.24) is 5.32 Å². The normalized spacial score (nSPS) is 9.80. The van der Waals surface area contributed by atoms with Crippen LogP contribution in [0.3, 0.4) is 0 Å². The van der Waals surface area contributed by atoms with Crippen molar-refractivity contribution in [2.75, 3.05) is 23.8 Å². The molecule has 6 nitrogen and oxygen atoms in total. The molecule has 0 aliphatic heterocycles. The predicted octanol–water partition coefficient (Wildman–Crippen LogP) is 3.65. The van der Waals surface area contributed by atoms with Crippen LogP contribution in [0, 0.1) is 0 Å². The van der Waals surface area contributed by atoms with Gasteiger partial charge in [-0.3, -0.25) is 4.79 Å². The Hall–Kier alpha value is -3.28. The number of anilines is 2. The van der Waals surface area contributed by atoms with E-state index in [-0.39, 0.29) is 11.9 Å². The Kier molecular flexibility index (Phi) is 6.59. The highest BCUT2D eigenvalue weighted by Crippen LogP contribution is 2.16. The molecule has 0 atom stereocenters. The second kappa shape index (κ2) is 9.12. The lowest BCUT2D eigenvalue weighted by molar-refractivity contribution is 0.102. The zero-order valence-electron chi connectivity index (χ0n) is 14.0. The molecule has 0 spiro atoms. The molecular formula is C19H21N3O3. The van der Waals surface area contributed by atoms with Gasteiger partial charge >= 0.3 is 6.03 Å². The Morgan fingerprint density at radius 1 is 1.00 bits per heavy atom. The van der Waals surface area contributed by atoms with Crippen LogP contribution in [0.2, 0.25) is 0 Å². The van der Waals surface area contributed by atoms with Gasteiger partial charge in [0.05, 0.1) is 6.61 Å². The Labute approximate surface area is 146 Å². The van der Waals surface area contributed by atoms with Gasteiger partial charge in [-0.2, -0.15) is 0 Å². The molecule has 130 valence electrons. The van der Waals surface area contributed by atoms with Gasteiger partial charge in [0, 0.05) is 23.5 Å². The SMILES string of the molecule is C=CCNC(=O)Nc1ccc(NC(=O)c2ccc(OCC)cc2)cc1. The highest BCUT2D eigenvalue weighted by molar-refractivity contribution is 6.04. The second-order valence-electron chi connectivity index (χ2n) is 5.11. The molecule has 0 unspecified atom stereocenters. The predicted molar refractivity (Wildman–Crippen MR) is 99.2 cm³/mol. The molecule has 25 heavy (non-hydrogen) atoms. The molecule has 0 aromatic heterocycles. The third-order valence-corrected chi connectivity index (χ3v) is 3.24. The topological polar surface area (TPSA) is 79.5 Å². The van der Waals surface area contributed by atoms with Crippen LogP contribution >= 0.6 is 0 Å². The molecule has 0 aliphatic rings. The van der Waals surface area contributed by atoms with Gasteiger partial charge in [-0.15, -0.1) is 6.58 Å². The van der Waals surface area contributed by atoms with Gasteiger partial charge in [-0.05, 0) is 55.5 Å². The lowest BCUT2D eigenvalue weighted by atomic mass is 10.2. The fraction of sp³-hybridized carbons (Fsp3) is 0.158. The zero-order valence-corrected chi connectivity index (χ0v) is 14.0. The van der Waals surface area contributed by atoms with E-state index >= 15 is 0 Å². The summed E-state index contributed by atoms with van der Waals surface area (Å²) in [5, 5.41) is 8.10. The van der Waals surface area contributed by atoms with E-state index in [1.807, 2.05) is 6.92 Å². The largest absolute Gasteiger partial charge is 0.494 e. The van der Waals surface area contributed by atoms with E-state index in [1.165, 1.54) is 0 Å². The first-order chi connectivity index (χ1) is 12.1. The van der Waals surface area contributed by atoms with Crippen molar-refractivity contribution in [3.8, 4) is 5.75 Å². The number of ether oxygens (including phenoxy) is 1.